The average Bonchev–Trinajstić information content (AvgIpc) is 3.24. The third-order valence-corrected chi connectivity index (χ3v) is 6.68. The van der Waals surface area contributed by atoms with Crippen LogP contribution in [0.4, 0.5) is 0 Å². The maximum Gasteiger partial charge on any atom is 0.258 e. The molecule has 1 fully saturated rings. The van der Waals surface area contributed by atoms with Gasteiger partial charge in [0.25, 0.3) is 5.56 Å². The molecule has 0 saturated carbocycles. The number of aryl methyl sites for hydroxylation is 1. The van der Waals surface area contributed by atoms with Crippen LogP contribution in [-0.4, -0.2) is 32.5 Å². The van der Waals surface area contributed by atoms with E-state index in [1.54, 1.807) is 33.1 Å². The summed E-state index contributed by atoms with van der Waals surface area (Å²) in [6.45, 7) is 4.54. The first kappa shape index (κ1) is 16.9. The molecule has 4 heterocycles. The quantitative estimate of drug-likeness (QED) is 0.761. The van der Waals surface area contributed by atoms with E-state index in [4.69, 9.17) is 0 Å². The number of aliphatic hydroxyl groups excluding tert-OH is 1. The first-order valence-corrected chi connectivity index (χ1v) is 10.2. The lowest BCUT2D eigenvalue weighted by Crippen LogP contribution is -2.35. The molecule has 1 atom stereocenters. The maximum absolute atomic E-state index is 12.2. The number of piperidine rings is 1. The smallest absolute Gasteiger partial charge is 0.258 e. The van der Waals surface area contributed by atoms with Crippen LogP contribution in [0.1, 0.15) is 34.4 Å². The molecule has 0 radical (unpaired) electrons. The molecule has 1 unspecified atom stereocenters. The highest BCUT2D eigenvalue weighted by Crippen LogP contribution is 2.33. The highest BCUT2D eigenvalue weighted by atomic mass is 32.1. The second-order valence-corrected chi connectivity index (χ2v) is 8.85. The molecular weight excluding hydrogens is 354 g/mol. The lowest BCUT2D eigenvalue weighted by atomic mass is 9.90. The van der Waals surface area contributed by atoms with Crippen LogP contribution in [0, 0.1) is 12.8 Å². The molecule has 0 amide bonds. The molecule has 25 heavy (non-hydrogen) atoms. The lowest BCUT2D eigenvalue weighted by Gasteiger charge is -2.33. The standard InChI is InChI=1S/C18H21N3O2S2/c1-12-10-21-16(22)9-14(19-18(21)25-12)11-20-6-4-13(5-7-20)17(23)15-3-2-8-24-15/h2-3,8-10,13,17,23H,4-7,11H2,1H3. The summed E-state index contributed by atoms with van der Waals surface area (Å²) in [5.41, 5.74) is 0.830. The Hall–Kier alpha value is -1.54. The summed E-state index contributed by atoms with van der Waals surface area (Å²) in [5.74, 6) is 0.316. The van der Waals surface area contributed by atoms with Gasteiger partial charge in [0.1, 0.15) is 0 Å². The zero-order valence-corrected chi connectivity index (χ0v) is 15.7. The van der Waals surface area contributed by atoms with Crippen molar-refractivity contribution in [2.24, 2.45) is 5.92 Å². The summed E-state index contributed by atoms with van der Waals surface area (Å²) < 4.78 is 1.62. The van der Waals surface area contributed by atoms with Gasteiger partial charge in [-0.3, -0.25) is 14.1 Å². The van der Waals surface area contributed by atoms with E-state index >= 15 is 0 Å². The Morgan fingerprint density at radius 2 is 2.20 bits per heavy atom. The highest BCUT2D eigenvalue weighted by molar-refractivity contribution is 7.16. The van der Waals surface area contributed by atoms with Gasteiger partial charge in [-0.05, 0) is 50.2 Å². The molecule has 7 heteroatoms. The van der Waals surface area contributed by atoms with Crippen molar-refractivity contribution in [1.29, 1.82) is 0 Å². The number of nitrogens with zero attached hydrogens (tertiary/aromatic N) is 3. The largest absolute Gasteiger partial charge is 0.387 e. The number of rotatable bonds is 4. The van der Waals surface area contributed by atoms with Crippen LogP contribution in [0.5, 0.6) is 0 Å². The summed E-state index contributed by atoms with van der Waals surface area (Å²) in [4.78, 5) is 22.1. The summed E-state index contributed by atoms with van der Waals surface area (Å²) in [6.07, 6.45) is 3.43. The monoisotopic (exact) mass is 375 g/mol. The Balaban J connectivity index is 1.41. The van der Waals surface area contributed by atoms with Crippen LogP contribution in [0.15, 0.2) is 34.6 Å². The molecule has 132 valence electrons. The number of thiazole rings is 1. The van der Waals surface area contributed by atoms with E-state index in [1.807, 2.05) is 30.6 Å². The van der Waals surface area contributed by atoms with Crippen molar-refractivity contribution >= 4 is 27.6 Å². The van der Waals surface area contributed by atoms with Crippen molar-refractivity contribution < 1.29 is 5.11 Å². The summed E-state index contributed by atoms with van der Waals surface area (Å²) in [6, 6.07) is 5.65. The van der Waals surface area contributed by atoms with Crippen molar-refractivity contribution in [3.8, 4) is 0 Å². The van der Waals surface area contributed by atoms with Gasteiger partial charge < -0.3 is 5.11 Å². The summed E-state index contributed by atoms with van der Waals surface area (Å²) in [5, 5.41) is 12.5. The molecule has 3 aromatic rings. The number of thiophene rings is 1. The molecule has 0 aliphatic carbocycles. The Morgan fingerprint density at radius 3 is 2.92 bits per heavy atom. The molecule has 1 aliphatic rings. The second kappa shape index (κ2) is 6.99. The Morgan fingerprint density at radius 1 is 1.40 bits per heavy atom. The number of aromatic nitrogens is 2. The lowest BCUT2D eigenvalue weighted by molar-refractivity contribution is 0.0587. The molecule has 0 spiro atoms. The van der Waals surface area contributed by atoms with Crippen LogP contribution in [0.3, 0.4) is 0 Å². The van der Waals surface area contributed by atoms with Crippen molar-refractivity contribution in [2.75, 3.05) is 13.1 Å². The fourth-order valence-electron chi connectivity index (χ4n) is 3.49. The predicted molar refractivity (Wildman–Crippen MR) is 101 cm³/mol. The number of hydrogen-bond acceptors (Lipinski definition) is 6. The van der Waals surface area contributed by atoms with E-state index in [-0.39, 0.29) is 11.7 Å². The first-order chi connectivity index (χ1) is 12.1. The Labute approximate surface area is 154 Å². The molecule has 0 aromatic carbocycles. The van der Waals surface area contributed by atoms with Gasteiger partial charge in [0.2, 0.25) is 0 Å². The molecule has 1 N–H and O–H groups in total. The maximum atomic E-state index is 12.2. The van der Waals surface area contributed by atoms with Crippen molar-refractivity contribution in [3.05, 3.63) is 55.6 Å². The zero-order valence-electron chi connectivity index (χ0n) is 14.1. The molecule has 5 nitrogen and oxygen atoms in total. The van der Waals surface area contributed by atoms with Crippen molar-refractivity contribution in [2.45, 2.75) is 32.4 Å². The fourth-order valence-corrected chi connectivity index (χ4v) is 5.14. The predicted octanol–water partition coefficient (Wildman–Crippen LogP) is 3.07. The van der Waals surface area contributed by atoms with Gasteiger partial charge in [0.05, 0.1) is 11.8 Å². The van der Waals surface area contributed by atoms with Crippen LogP contribution < -0.4 is 5.56 Å². The minimum absolute atomic E-state index is 0.00708. The van der Waals surface area contributed by atoms with Gasteiger partial charge in [-0.15, -0.1) is 22.7 Å². The minimum atomic E-state index is -0.352. The van der Waals surface area contributed by atoms with Crippen LogP contribution >= 0.6 is 22.7 Å². The molecule has 4 rings (SSSR count). The topological polar surface area (TPSA) is 57.8 Å². The van der Waals surface area contributed by atoms with E-state index < -0.39 is 0 Å². The van der Waals surface area contributed by atoms with Crippen molar-refractivity contribution in [3.63, 3.8) is 0 Å². The van der Waals surface area contributed by atoms with Gasteiger partial charge in [-0.25, -0.2) is 4.98 Å². The van der Waals surface area contributed by atoms with Gasteiger partial charge in [-0.2, -0.15) is 0 Å². The van der Waals surface area contributed by atoms with E-state index in [9.17, 15) is 9.90 Å². The van der Waals surface area contributed by atoms with Crippen LogP contribution in [0.25, 0.3) is 4.96 Å². The Kier molecular flexibility index (Phi) is 4.73. The average molecular weight is 376 g/mol. The van der Waals surface area contributed by atoms with E-state index in [1.165, 1.54) is 0 Å². The number of aliphatic hydroxyl groups is 1. The van der Waals surface area contributed by atoms with Gasteiger partial charge >= 0.3 is 0 Å². The number of fused-ring (bicyclic) bond motifs is 1. The van der Waals surface area contributed by atoms with Crippen LogP contribution in [0.2, 0.25) is 0 Å². The van der Waals surface area contributed by atoms with E-state index in [2.05, 4.69) is 9.88 Å². The van der Waals surface area contributed by atoms with E-state index in [0.717, 1.165) is 46.3 Å². The summed E-state index contributed by atoms with van der Waals surface area (Å²) >= 11 is 3.17. The fraction of sp³-hybridized carbons (Fsp3) is 0.444. The van der Waals surface area contributed by atoms with Crippen molar-refractivity contribution in [1.82, 2.24) is 14.3 Å². The van der Waals surface area contributed by atoms with Gasteiger partial charge in [0, 0.05) is 28.6 Å². The highest BCUT2D eigenvalue weighted by Gasteiger charge is 2.27. The number of likely N-dealkylation sites (tertiary alicyclic amines) is 1. The third-order valence-electron chi connectivity index (χ3n) is 4.84. The minimum Gasteiger partial charge on any atom is -0.387 e. The second-order valence-electron chi connectivity index (χ2n) is 6.65. The van der Waals surface area contributed by atoms with Gasteiger partial charge in [-0.1, -0.05) is 6.07 Å². The van der Waals surface area contributed by atoms with Gasteiger partial charge in [0.15, 0.2) is 4.96 Å². The Bertz CT molecular complexity index is 908. The molecule has 0 bridgehead atoms. The summed E-state index contributed by atoms with van der Waals surface area (Å²) in [7, 11) is 0. The van der Waals surface area contributed by atoms with E-state index in [0.29, 0.717) is 12.5 Å². The normalized spacial score (nSPS) is 18.0. The SMILES string of the molecule is Cc1cn2c(=O)cc(CN3CCC(C(O)c4cccs4)CC3)nc2s1. The third kappa shape index (κ3) is 3.55. The molecule has 1 saturated heterocycles. The van der Waals surface area contributed by atoms with Crippen LogP contribution in [-0.2, 0) is 6.54 Å². The molecular formula is C18H21N3O2S2. The number of hydrogen-bond donors (Lipinski definition) is 1. The molecule has 1 aliphatic heterocycles. The molecule has 3 aromatic heterocycles. The zero-order chi connectivity index (χ0) is 17.4. The first-order valence-electron chi connectivity index (χ1n) is 8.53.